The van der Waals surface area contributed by atoms with E-state index in [1.54, 1.807) is 0 Å². The molecule has 0 aliphatic carbocycles. The monoisotopic (exact) mass is 171 g/mol. The van der Waals surface area contributed by atoms with Gasteiger partial charge in [-0.1, -0.05) is 6.92 Å². The maximum absolute atomic E-state index is 5.47. The fraction of sp³-hybridized carbons (Fsp3) is 1.00. The van der Waals surface area contributed by atoms with E-state index >= 15 is 0 Å². The second kappa shape index (κ2) is 3.75. The van der Waals surface area contributed by atoms with Crippen LogP contribution in [0.15, 0.2) is 0 Å². The van der Waals surface area contributed by atoms with E-state index in [4.69, 9.17) is 4.74 Å². The third-order valence-corrected chi connectivity index (χ3v) is 2.60. The van der Waals surface area contributed by atoms with Crippen molar-refractivity contribution < 1.29 is 4.74 Å². The van der Waals surface area contributed by atoms with Gasteiger partial charge in [-0.05, 0) is 33.6 Å². The fourth-order valence-corrected chi connectivity index (χ4v) is 1.81. The summed E-state index contributed by atoms with van der Waals surface area (Å²) in [5.41, 5.74) is 0.251. The van der Waals surface area contributed by atoms with Crippen LogP contribution in [0, 0.1) is 0 Å². The van der Waals surface area contributed by atoms with Gasteiger partial charge in [0, 0.05) is 18.2 Å². The average molecular weight is 171 g/mol. The smallest absolute Gasteiger partial charge is 0.0996 e. The highest BCUT2D eigenvalue weighted by Crippen LogP contribution is 2.23. The normalized spacial score (nSPS) is 27.5. The van der Waals surface area contributed by atoms with Crippen LogP contribution >= 0.6 is 0 Å². The summed E-state index contributed by atoms with van der Waals surface area (Å²) >= 11 is 0. The molecule has 2 heteroatoms. The van der Waals surface area contributed by atoms with Gasteiger partial charge in [0.1, 0.15) is 0 Å². The zero-order valence-electron chi connectivity index (χ0n) is 8.76. The fourth-order valence-electron chi connectivity index (χ4n) is 1.81. The number of rotatable bonds is 1. The second-order valence-corrected chi connectivity index (χ2v) is 4.53. The van der Waals surface area contributed by atoms with Crippen LogP contribution in [0.1, 0.15) is 40.5 Å². The zero-order valence-corrected chi connectivity index (χ0v) is 8.76. The van der Waals surface area contributed by atoms with Crippen LogP contribution in [0.25, 0.3) is 0 Å². The Morgan fingerprint density at radius 2 is 2.08 bits per heavy atom. The molecule has 0 aromatic heterocycles. The van der Waals surface area contributed by atoms with Crippen LogP contribution in [-0.2, 0) is 4.74 Å². The maximum atomic E-state index is 5.47. The first-order chi connectivity index (χ1) is 5.55. The van der Waals surface area contributed by atoms with E-state index in [2.05, 4.69) is 32.6 Å². The quantitative estimate of drug-likeness (QED) is 0.600. The summed E-state index contributed by atoms with van der Waals surface area (Å²) in [6.07, 6.45) is 2.42. The minimum absolute atomic E-state index is 0.251. The lowest BCUT2D eigenvalue weighted by Crippen LogP contribution is -2.52. The van der Waals surface area contributed by atoms with Gasteiger partial charge in [0.05, 0.1) is 6.73 Å². The van der Waals surface area contributed by atoms with Gasteiger partial charge in [-0.2, -0.15) is 0 Å². The summed E-state index contributed by atoms with van der Waals surface area (Å²) < 4.78 is 5.47. The molecule has 1 atom stereocenters. The molecule has 0 N–H and O–H groups in total. The van der Waals surface area contributed by atoms with Crippen molar-refractivity contribution in [2.75, 3.05) is 13.3 Å². The van der Waals surface area contributed by atoms with Gasteiger partial charge >= 0.3 is 0 Å². The molecular formula is C10H21NO. The Balaban J connectivity index is 2.59. The zero-order chi connectivity index (χ0) is 9.19. The molecule has 0 amide bonds. The van der Waals surface area contributed by atoms with Crippen molar-refractivity contribution in [1.29, 1.82) is 0 Å². The Hall–Kier alpha value is -0.0800. The molecule has 0 spiro atoms. The predicted molar refractivity (Wildman–Crippen MR) is 51.1 cm³/mol. The van der Waals surface area contributed by atoms with Crippen molar-refractivity contribution in [3.63, 3.8) is 0 Å². The summed E-state index contributed by atoms with van der Waals surface area (Å²) in [5, 5.41) is 0. The number of hydrogen-bond donors (Lipinski definition) is 0. The van der Waals surface area contributed by atoms with Crippen molar-refractivity contribution in [3.05, 3.63) is 0 Å². The van der Waals surface area contributed by atoms with Gasteiger partial charge in [-0.15, -0.1) is 0 Å². The Labute approximate surface area is 75.9 Å². The molecule has 0 aromatic rings. The summed E-state index contributed by atoms with van der Waals surface area (Å²) in [6.45, 7) is 10.8. The molecule has 1 rings (SSSR count). The summed E-state index contributed by atoms with van der Waals surface area (Å²) in [4.78, 5) is 2.45. The second-order valence-electron chi connectivity index (χ2n) is 4.53. The highest BCUT2D eigenvalue weighted by Gasteiger charge is 2.30. The molecule has 0 aromatic carbocycles. The number of hydrogen-bond acceptors (Lipinski definition) is 2. The Morgan fingerprint density at radius 1 is 1.42 bits per heavy atom. The van der Waals surface area contributed by atoms with Crippen molar-refractivity contribution in [1.82, 2.24) is 4.90 Å². The summed E-state index contributed by atoms with van der Waals surface area (Å²) in [7, 11) is 0. The molecule has 1 saturated heterocycles. The standard InChI is InChI=1S/C10H21NO/c1-5-9-6-7-12-8-11(9)10(2,3)4/h9H,5-8H2,1-4H3. The minimum Gasteiger partial charge on any atom is -0.366 e. The Bertz CT molecular complexity index is 139. The van der Waals surface area contributed by atoms with Crippen LogP contribution in [0.3, 0.4) is 0 Å². The van der Waals surface area contributed by atoms with Gasteiger partial charge in [-0.3, -0.25) is 4.90 Å². The van der Waals surface area contributed by atoms with E-state index < -0.39 is 0 Å². The van der Waals surface area contributed by atoms with E-state index in [1.807, 2.05) is 0 Å². The highest BCUT2D eigenvalue weighted by atomic mass is 16.5. The van der Waals surface area contributed by atoms with Crippen molar-refractivity contribution >= 4 is 0 Å². The molecule has 1 aliphatic rings. The van der Waals surface area contributed by atoms with E-state index in [-0.39, 0.29) is 5.54 Å². The van der Waals surface area contributed by atoms with Gasteiger partial charge < -0.3 is 4.74 Å². The molecule has 2 nitrogen and oxygen atoms in total. The molecule has 1 aliphatic heterocycles. The first-order valence-corrected chi connectivity index (χ1v) is 4.90. The van der Waals surface area contributed by atoms with Gasteiger partial charge in [0.25, 0.3) is 0 Å². The van der Waals surface area contributed by atoms with Crippen LogP contribution in [0.2, 0.25) is 0 Å². The molecule has 1 unspecified atom stereocenters. The average Bonchev–Trinajstić information content (AvgIpc) is 2.03. The van der Waals surface area contributed by atoms with Crippen LogP contribution in [-0.4, -0.2) is 29.8 Å². The Kier molecular flexibility index (Phi) is 3.13. The van der Waals surface area contributed by atoms with Crippen LogP contribution < -0.4 is 0 Å². The van der Waals surface area contributed by atoms with Gasteiger partial charge in [0.15, 0.2) is 0 Å². The number of ether oxygens (including phenoxy) is 1. The molecule has 12 heavy (non-hydrogen) atoms. The molecule has 1 fully saturated rings. The van der Waals surface area contributed by atoms with E-state index in [0.29, 0.717) is 0 Å². The van der Waals surface area contributed by atoms with Crippen molar-refractivity contribution in [2.45, 2.75) is 52.1 Å². The van der Waals surface area contributed by atoms with Crippen LogP contribution in [0.5, 0.6) is 0 Å². The topological polar surface area (TPSA) is 12.5 Å². The Morgan fingerprint density at radius 3 is 2.50 bits per heavy atom. The van der Waals surface area contributed by atoms with Gasteiger partial charge in [0.2, 0.25) is 0 Å². The predicted octanol–water partition coefficient (Wildman–Crippen LogP) is 2.24. The SMILES string of the molecule is CCC1CCOCN1C(C)(C)C. The lowest BCUT2D eigenvalue weighted by atomic mass is 10.00. The third kappa shape index (κ3) is 2.20. The molecule has 0 saturated carbocycles. The molecule has 1 heterocycles. The lowest BCUT2D eigenvalue weighted by molar-refractivity contribution is -0.0910. The van der Waals surface area contributed by atoms with Gasteiger partial charge in [-0.25, -0.2) is 0 Å². The number of nitrogens with zero attached hydrogens (tertiary/aromatic N) is 1. The lowest BCUT2D eigenvalue weighted by Gasteiger charge is -2.43. The summed E-state index contributed by atoms with van der Waals surface area (Å²) in [6, 6.07) is 0.721. The van der Waals surface area contributed by atoms with Crippen molar-refractivity contribution in [2.24, 2.45) is 0 Å². The van der Waals surface area contributed by atoms with Crippen LogP contribution in [0.4, 0.5) is 0 Å². The first kappa shape index (κ1) is 10.0. The van der Waals surface area contributed by atoms with E-state index in [1.165, 1.54) is 12.8 Å². The third-order valence-electron chi connectivity index (χ3n) is 2.60. The maximum Gasteiger partial charge on any atom is 0.0996 e. The van der Waals surface area contributed by atoms with E-state index in [0.717, 1.165) is 19.4 Å². The van der Waals surface area contributed by atoms with E-state index in [9.17, 15) is 0 Å². The molecule has 0 bridgehead atoms. The largest absolute Gasteiger partial charge is 0.366 e. The molecule has 0 radical (unpaired) electrons. The first-order valence-electron chi connectivity index (χ1n) is 4.90. The highest BCUT2D eigenvalue weighted by molar-refractivity contribution is 4.82. The minimum atomic E-state index is 0.251. The summed E-state index contributed by atoms with van der Waals surface area (Å²) in [5.74, 6) is 0. The molecule has 72 valence electrons. The molecular weight excluding hydrogens is 150 g/mol. The van der Waals surface area contributed by atoms with Crippen molar-refractivity contribution in [3.8, 4) is 0 Å².